The Hall–Kier alpha value is -1.35. The largest absolute Gasteiger partial charge is 0.343 e. The van der Waals surface area contributed by atoms with Crippen LogP contribution in [0, 0.1) is 0 Å². The first-order chi connectivity index (χ1) is 11.3. The molecule has 0 aromatic heterocycles. The molecule has 2 bridgehead atoms. The lowest BCUT2D eigenvalue weighted by atomic mass is 9.86. The number of carbonyl (C=O) groups is 1. The minimum atomic E-state index is 0.183. The van der Waals surface area contributed by atoms with Crippen molar-refractivity contribution in [3.05, 3.63) is 35.4 Å². The highest BCUT2D eigenvalue weighted by Crippen LogP contribution is 2.29. The molecule has 0 spiro atoms. The van der Waals surface area contributed by atoms with Gasteiger partial charge >= 0.3 is 0 Å². The van der Waals surface area contributed by atoms with Gasteiger partial charge in [0.25, 0.3) is 0 Å². The van der Waals surface area contributed by atoms with E-state index in [2.05, 4.69) is 50.4 Å². The molecule has 2 fully saturated rings. The molecule has 1 N–H and O–H groups in total. The summed E-state index contributed by atoms with van der Waals surface area (Å²) in [6, 6.07) is 10.5. The van der Waals surface area contributed by atoms with E-state index in [0.29, 0.717) is 30.5 Å². The number of piperidine rings is 1. The van der Waals surface area contributed by atoms with E-state index in [-0.39, 0.29) is 5.41 Å². The molecule has 0 saturated carbocycles. The first-order valence-corrected chi connectivity index (χ1v) is 9.44. The van der Waals surface area contributed by atoms with E-state index in [1.165, 1.54) is 24.0 Å². The summed E-state index contributed by atoms with van der Waals surface area (Å²) < 4.78 is 0. The number of benzene rings is 1. The molecule has 3 heteroatoms. The van der Waals surface area contributed by atoms with Crippen LogP contribution in [0.5, 0.6) is 0 Å². The third kappa shape index (κ3) is 4.00. The van der Waals surface area contributed by atoms with Gasteiger partial charge in [-0.2, -0.15) is 0 Å². The smallest absolute Gasteiger partial charge is 0.222 e. The van der Waals surface area contributed by atoms with Crippen LogP contribution in [0.25, 0.3) is 0 Å². The van der Waals surface area contributed by atoms with Crippen molar-refractivity contribution in [1.29, 1.82) is 0 Å². The Labute approximate surface area is 146 Å². The third-order valence-electron chi connectivity index (χ3n) is 5.84. The van der Waals surface area contributed by atoms with Gasteiger partial charge in [0.15, 0.2) is 0 Å². The van der Waals surface area contributed by atoms with Gasteiger partial charge in [-0.05, 0) is 48.6 Å². The molecular weight excluding hydrogens is 296 g/mol. The van der Waals surface area contributed by atoms with Crippen LogP contribution in [0.4, 0.5) is 0 Å². The number of rotatable bonds is 4. The monoisotopic (exact) mass is 328 g/mol. The van der Waals surface area contributed by atoms with Crippen LogP contribution in [0.15, 0.2) is 24.3 Å². The Morgan fingerprint density at radius 3 is 2.25 bits per heavy atom. The van der Waals surface area contributed by atoms with Crippen molar-refractivity contribution in [2.24, 2.45) is 0 Å². The fourth-order valence-electron chi connectivity index (χ4n) is 4.15. The van der Waals surface area contributed by atoms with Gasteiger partial charge < -0.3 is 10.2 Å². The van der Waals surface area contributed by atoms with Crippen molar-refractivity contribution in [3.8, 4) is 0 Å². The number of hydrogen-bond acceptors (Lipinski definition) is 2. The van der Waals surface area contributed by atoms with Crippen LogP contribution in [0.3, 0.4) is 0 Å². The van der Waals surface area contributed by atoms with E-state index in [9.17, 15) is 4.79 Å². The Morgan fingerprint density at radius 1 is 1.12 bits per heavy atom. The number of carbonyl (C=O) groups excluding carboxylic acids is 1. The zero-order chi connectivity index (χ0) is 17.3. The highest BCUT2D eigenvalue weighted by molar-refractivity contribution is 5.76. The van der Waals surface area contributed by atoms with Gasteiger partial charge in [0.2, 0.25) is 5.91 Å². The van der Waals surface area contributed by atoms with E-state index < -0.39 is 0 Å². The molecule has 3 nitrogen and oxygen atoms in total. The summed E-state index contributed by atoms with van der Waals surface area (Å²) in [5.41, 5.74) is 2.79. The highest BCUT2D eigenvalue weighted by atomic mass is 16.2. The quantitative estimate of drug-likeness (QED) is 0.915. The summed E-state index contributed by atoms with van der Waals surface area (Å²) in [6.07, 6.45) is 6.26. The second-order valence-corrected chi connectivity index (χ2v) is 8.71. The third-order valence-corrected chi connectivity index (χ3v) is 5.84. The summed E-state index contributed by atoms with van der Waals surface area (Å²) >= 11 is 0. The number of nitrogens with one attached hydrogen (secondary N) is 1. The number of amides is 1. The molecule has 0 radical (unpaired) electrons. The molecule has 1 aromatic rings. The van der Waals surface area contributed by atoms with Crippen LogP contribution in [0.2, 0.25) is 0 Å². The minimum Gasteiger partial charge on any atom is -0.343 e. The molecule has 132 valence electrons. The molecule has 24 heavy (non-hydrogen) atoms. The molecule has 1 aromatic carbocycles. The van der Waals surface area contributed by atoms with E-state index in [1.54, 1.807) is 0 Å². The van der Waals surface area contributed by atoms with Gasteiger partial charge in [-0.25, -0.2) is 0 Å². The minimum absolute atomic E-state index is 0.183. The molecule has 2 heterocycles. The van der Waals surface area contributed by atoms with Gasteiger partial charge in [0.05, 0.1) is 0 Å². The van der Waals surface area contributed by atoms with Crippen LogP contribution >= 0.6 is 0 Å². The first kappa shape index (κ1) is 17.5. The predicted molar refractivity (Wildman–Crippen MR) is 99.2 cm³/mol. The number of hydrogen-bond donors (Lipinski definition) is 1. The van der Waals surface area contributed by atoms with Gasteiger partial charge in [-0.1, -0.05) is 45.0 Å². The average molecular weight is 329 g/mol. The molecule has 2 saturated heterocycles. The van der Waals surface area contributed by atoms with Crippen molar-refractivity contribution < 1.29 is 4.79 Å². The summed E-state index contributed by atoms with van der Waals surface area (Å²) in [6.45, 7) is 6.69. The van der Waals surface area contributed by atoms with Gasteiger partial charge in [0, 0.05) is 31.6 Å². The van der Waals surface area contributed by atoms with Crippen LogP contribution in [0.1, 0.15) is 64.0 Å². The number of nitrogens with zero attached hydrogens (tertiary/aromatic N) is 1. The average Bonchev–Trinajstić information content (AvgIpc) is 2.89. The van der Waals surface area contributed by atoms with E-state index in [0.717, 1.165) is 19.3 Å². The maximum atomic E-state index is 12.6. The van der Waals surface area contributed by atoms with Crippen LogP contribution in [-0.4, -0.2) is 36.0 Å². The number of aryl methyl sites for hydroxylation is 1. The molecule has 2 unspecified atom stereocenters. The summed E-state index contributed by atoms with van der Waals surface area (Å²) in [5.74, 6) is 0.293. The highest BCUT2D eigenvalue weighted by Gasteiger charge is 2.36. The zero-order valence-corrected chi connectivity index (χ0v) is 15.6. The Balaban J connectivity index is 1.51. The van der Waals surface area contributed by atoms with E-state index in [1.807, 2.05) is 11.9 Å². The molecule has 3 rings (SSSR count). The second kappa shape index (κ2) is 6.87. The maximum absolute atomic E-state index is 12.6. The normalized spacial score (nSPS) is 26.4. The van der Waals surface area contributed by atoms with Crippen LogP contribution < -0.4 is 5.32 Å². The first-order valence-electron chi connectivity index (χ1n) is 9.44. The molecule has 2 aliphatic heterocycles. The van der Waals surface area contributed by atoms with Gasteiger partial charge in [-0.3, -0.25) is 4.79 Å². The molecule has 2 aliphatic rings. The molecule has 0 aliphatic carbocycles. The summed E-state index contributed by atoms with van der Waals surface area (Å²) in [4.78, 5) is 14.6. The zero-order valence-electron chi connectivity index (χ0n) is 15.6. The van der Waals surface area contributed by atoms with Crippen molar-refractivity contribution >= 4 is 5.91 Å². The maximum Gasteiger partial charge on any atom is 0.222 e. The van der Waals surface area contributed by atoms with Crippen molar-refractivity contribution in [2.45, 2.75) is 82.8 Å². The lowest BCUT2D eigenvalue weighted by Crippen LogP contribution is -2.48. The van der Waals surface area contributed by atoms with Crippen molar-refractivity contribution in [3.63, 3.8) is 0 Å². The topological polar surface area (TPSA) is 32.3 Å². The van der Waals surface area contributed by atoms with Gasteiger partial charge in [-0.15, -0.1) is 0 Å². The van der Waals surface area contributed by atoms with E-state index in [4.69, 9.17) is 0 Å². The van der Waals surface area contributed by atoms with E-state index >= 15 is 0 Å². The van der Waals surface area contributed by atoms with Crippen molar-refractivity contribution in [1.82, 2.24) is 10.2 Å². The molecular formula is C21H32N2O. The van der Waals surface area contributed by atoms with Crippen LogP contribution in [-0.2, 0) is 16.6 Å². The van der Waals surface area contributed by atoms with Crippen molar-refractivity contribution in [2.75, 3.05) is 7.05 Å². The number of fused-ring (bicyclic) bond motifs is 2. The fraction of sp³-hybridized carbons (Fsp3) is 0.667. The summed E-state index contributed by atoms with van der Waals surface area (Å²) in [7, 11) is 2.00. The lowest BCUT2D eigenvalue weighted by molar-refractivity contribution is -0.132. The van der Waals surface area contributed by atoms with Gasteiger partial charge in [0.1, 0.15) is 0 Å². The molecule has 1 amide bonds. The lowest BCUT2D eigenvalue weighted by Gasteiger charge is -2.35. The SMILES string of the molecule is CN(C(=O)CCc1ccc(C(C)(C)C)cc1)C1CC2CCC(C1)N2. The Kier molecular flexibility index (Phi) is 5.00. The fourth-order valence-corrected chi connectivity index (χ4v) is 4.15. The Morgan fingerprint density at radius 2 is 1.71 bits per heavy atom. The Bertz CT molecular complexity index is 560. The predicted octanol–water partition coefficient (Wildman–Crippen LogP) is 3.66. The molecule has 2 atom stereocenters. The summed E-state index contributed by atoms with van der Waals surface area (Å²) in [5, 5.41) is 3.65. The standard InChI is InChI=1S/C21H32N2O/c1-21(2,3)16-8-5-15(6-9-16)7-12-20(24)23(4)19-13-17-10-11-18(14-19)22-17/h5-6,8-9,17-19,22H,7,10-14H2,1-4H3. The second-order valence-electron chi connectivity index (χ2n) is 8.71.